The summed E-state index contributed by atoms with van der Waals surface area (Å²) in [5, 5.41) is 12.4. The molecule has 0 aromatic rings. The number of aliphatic hydroxyl groups excluding tert-OH is 1. The Morgan fingerprint density at radius 3 is 2.93 bits per heavy atom. The molecule has 0 spiro atoms. The lowest BCUT2D eigenvalue weighted by molar-refractivity contribution is -0.0368. The highest BCUT2D eigenvalue weighted by atomic mass is 16.5. The molecule has 0 aliphatic carbocycles. The van der Waals surface area contributed by atoms with Crippen molar-refractivity contribution >= 4 is 0 Å². The number of nitrogens with one attached hydrogen (secondary N) is 1. The fraction of sp³-hybridized carbons (Fsp3) is 1.00. The maximum absolute atomic E-state index is 9.05. The average molecular weight is 201 g/mol. The van der Waals surface area contributed by atoms with Crippen molar-refractivity contribution in [1.29, 1.82) is 0 Å². The number of ether oxygens (including phenoxy) is 1. The molecule has 2 unspecified atom stereocenters. The van der Waals surface area contributed by atoms with Gasteiger partial charge in [-0.25, -0.2) is 0 Å². The fourth-order valence-corrected chi connectivity index (χ4v) is 2.32. The Labute approximate surface area is 86.8 Å². The van der Waals surface area contributed by atoms with Crippen LogP contribution in [0.2, 0.25) is 0 Å². The zero-order valence-corrected chi connectivity index (χ0v) is 9.38. The van der Waals surface area contributed by atoms with Gasteiger partial charge in [0.15, 0.2) is 0 Å². The van der Waals surface area contributed by atoms with Crippen molar-refractivity contribution in [3.8, 4) is 0 Å². The van der Waals surface area contributed by atoms with E-state index in [9.17, 15) is 0 Å². The zero-order chi connectivity index (χ0) is 10.4. The van der Waals surface area contributed by atoms with E-state index in [1.807, 2.05) is 7.05 Å². The highest BCUT2D eigenvalue weighted by Crippen LogP contribution is 2.29. The van der Waals surface area contributed by atoms with Crippen molar-refractivity contribution < 1.29 is 9.84 Å². The molecule has 1 saturated heterocycles. The monoisotopic (exact) mass is 201 g/mol. The SMILES string of the molecule is CCCC1CC(CCO)(NC)CCO1. The first-order chi connectivity index (χ1) is 6.76. The minimum absolute atomic E-state index is 0.118. The van der Waals surface area contributed by atoms with Crippen molar-refractivity contribution in [2.24, 2.45) is 0 Å². The first kappa shape index (κ1) is 12.0. The molecule has 84 valence electrons. The first-order valence-electron chi connectivity index (χ1n) is 5.67. The van der Waals surface area contributed by atoms with Crippen LogP contribution in [-0.2, 0) is 4.74 Å². The summed E-state index contributed by atoms with van der Waals surface area (Å²) in [7, 11) is 1.99. The Hall–Kier alpha value is -0.120. The van der Waals surface area contributed by atoms with Crippen molar-refractivity contribution in [1.82, 2.24) is 5.32 Å². The molecule has 1 aliphatic heterocycles. The molecule has 0 bridgehead atoms. The smallest absolute Gasteiger partial charge is 0.0592 e. The van der Waals surface area contributed by atoms with Crippen LogP contribution in [0, 0.1) is 0 Å². The molecule has 3 heteroatoms. The third kappa shape index (κ3) is 2.94. The van der Waals surface area contributed by atoms with Crippen LogP contribution < -0.4 is 5.32 Å². The molecule has 0 amide bonds. The molecule has 1 fully saturated rings. The van der Waals surface area contributed by atoms with Crippen LogP contribution in [0.5, 0.6) is 0 Å². The van der Waals surface area contributed by atoms with Gasteiger partial charge in [-0.2, -0.15) is 0 Å². The topological polar surface area (TPSA) is 41.5 Å². The van der Waals surface area contributed by atoms with E-state index in [2.05, 4.69) is 12.2 Å². The summed E-state index contributed by atoms with van der Waals surface area (Å²) in [5.41, 5.74) is 0.118. The van der Waals surface area contributed by atoms with Gasteiger partial charge in [0.1, 0.15) is 0 Å². The summed E-state index contributed by atoms with van der Waals surface area (Å²) in [6, 6.07) is 0. The summed E-state index contributed by atoms with van der Waals surface area (Å²) in [4.78, 5) is 0. The molecular formula is C11H23NO2. The van der Waals surface area contributed by atoms with E-state index in [4.69, 9.17) is 9.84 Å². The Bertz CT molecular complexity index is 157. The normalized spacial score (nSPS) is 33.2. The quantitative estimate of drug-likeness (QED) is 0.704. The molecule has 1 aliphatic rings. The molecule has 2 atom stereocenters. The number of aliphatic hydroxyl groups is 1. The third-order valence-electron chi connectivity index (χ3n) is 3.28. The van der Waals surface area contributed by atoms with E-state index in [1.165, 1.54) is 6.42 Å². The van der Waals surface area contributed by atoms with E-state index in [1.54, 1.807) is 0 Å². The summed E-state index contributed by atoms with van der Waals surface area (Å²) in [6.07, 6.45) is 5.58. The van der Waals surface area contributed by atoms with Crippen LogP contribution >= 0.6 is 0 Å². The Balaban J connectivity index is 2.49. The van der Waals surface area contributed by atoms with Gasteiger partial charge in [0.2, 0.25) is 0 Å². The summed E-state index contributed by atoms with van der Waals surface area (Å²) < 4.78 is 5.70. The van der Waals surface area contributed by atoms with E-state index < -0.39 is 0 Å². The molecule has 2 N–H and O–H groups in total. The van der Waals surface area contributed by atoms with Gasteiger partial charge in [-0.3, -0.25) is 0 Å². The number of rotatable bonds is 5. The summed E-state index contributed by atoms with van der Waals surface area (Å²) in [5.74, 6) is 0. The van der Waals surface area contributed by atoms with Crippen LogP contribution in [0.4, 0.5) is 0 Å². The lowest BCUT2D eigenvalue weighted by Gasteiger charge is -2.40. The Kier molecular flexibility index (Phi) is 4.85. The van der Waals surface area contributed by atoms with Crippen LogP contribution in [-0.4, -0.2) is 37.0 Å². The molecule has 0 aromatic carbocycles. The van der Waals surface area contributed by atoms with Crippen LogP contribution in [0.1, 0.15) is 39.0 Å². The predicted octanol–water partition coefficient (Wildman–Crippen LogP) is 1.31. The van der Waals surface area contributed by atoms with Crippen LogP contribution in [0.25, 0.3) is 0 Å². The molecule has 14 heavy (non-hydrogen) atoms. The Morgan fingerprint density at radius 1 is 1.57 bits per heavy atom. The molecule has 1 heterocycles. The minimum atomic E-state index is 0.118. The second-order valence-corrected chi connectivity index (χ2v) is 4.24. The second-order valence-electron chi connectivity index (χ2n) is 4.24. The van der Waals surface area contributed by atoms with E-state index in [-0.39, 0.29) is 12.1 Å². The standard InChI is InChI=1S/C11H23NO2/c1-3-4-10-9-11(12-2,5-7-13)6-8-14-10/h10,12-13H,3-9H2,1-2H3. The molecule has 0 aromatic heterocycles. The van der Waals surface area contributed by atoms with Gasteiger partial charge in [-0.15, -0.1) is 0 Å². The molecule has 0 radical (unpaired) electrons. The summed E-state index contributed by atoms with van der Waals surface area (Å²) in [6.45, 7) is 3.27. The van der Waals surface area contributed by atoms with Gasteiger partial charge in [0.25, 0.3) is 0 Å². The van der Waals surface area contributed by atoms with Crippen LogP contribution in [0.15, 0.2) is 0 Å². The molecule has 0 saturated carbocycles. The predicted molar refractivity (Wildman–Crippen MR) is 57.4 cm³/mol. The minimum Gasteiger partial charge on any atom is -0.396 e. The van der Waals surface area contributed by atoms with Crippen molar-refractivity contribution in [2.75, 3.05) is 20.3 Å². The third-order valence-corrected chi connectivity index (χ3v) is 3.28. The van der Waals surface area contributed by atoms with Crippen molar-refractivity contribution in [2.45, 2.75) is 50.7 Å². The molecule has 3 nitrogen and oxygen atoms in total. The molecular weight excluding hydrogens is 178 g/mol. The zero-order valence-electron chi connectivity index (χ0n) is 9.38. The van der Waals surface area contributed by atoms with E-state index >= 15 is 0 Å². The Morgan fingerprint density at radius 2 is 2.36 bits per heavy atom. The van der Waals surface area contributed by atoms with Gasteiger partial charge in [0.05, 0.1) is 6.10 Å². The highest BCUT2D eigenvalue weighted by Gasteiger charge is 2.34. The van der Waals surface area contributed by atoms with Gasteiger partial charge >= 0.3 is 0 Å². The lowest BCUT2D eigenvalue weighted by atomic mass is 9.83. The van der Waals surface area contributed by atoms with Crippen molar-refractivity contribution in [3.63, 3.8) is 0 Å². The molecule has 1 rings (SSSR count). The summed E-state index contributed by atoms with van der Waals surface area (Å²) >= 11 is 0. The van der Waals surface area contributed by atoms with E-state index in [0.29, 0.717) is 6.10 Å². The number of hydrogen-bond acceptors (Lipinski definition) is 3. The van der Waals surface area contributed by atoms with Crippen LogP contribution in [0.3, 0.4) is 0 Å². The van der Waals surface area contributed by atoms with Gasteiger partial charge < -0.3 is 15.2 Å². The average Bonchev–Trinajstić information content (AvgIpc) is 2.19. The second kappa shape index (κ2) is 5.69. The van der Waals surface area contributed by atoms with E-state index in [0.717, 1.165) is 32.3 Å². The maximum atomic E-state index is 9.05. The maximum Gasteiger partial charge on any atom is 0.0592 e. The number of hydrogen-bond donors (Lipinski definition) is 2. The van der Waals surface area contributed by atoms with Gasteiger partial charge in [-0.1, -0.05) is 13.3 Å². The van der Waals surface area contributed by atoms with Crippen molar-refractivity contribution in [3.05, 3.63) is 0 Å². The lowest BCUT2D eigenvalue weighted by Crippen LogP contribution is -2.50. The highest BCUT2D eigenvalue weighted by molar-refractivity contribution is 4.92. The fourth-order valence-electron chi connectivity index (χ4n) is 2.32. The van der Waals surface area contributed by atoms with Gasteiger partial charge in [0, 0.05) is 18.8 Å². The largest absolute Gasteiger partial charge is 0.396 e. The van der Waals surface area contributed by atoms with Gasteiger partial charge in [-0.05, 0) is 32.7 Å². The first-order valence-corrected chi connectivity index (χ1v) is 5.67.